The van der Waals surface area contributed by atoms with E-state index in [9.17, 15) is 5.11 Å². The van der Waals surface area contributed by atoms with Gasteiger partial charge in [0.25, 0.3) is 0 Å². The second-order valence-corrected chi connectivity index (χ2v) is 3.63. The summed E-state index contributed by atoms with van der Waals surface area (Å²) in [6, 6.07) is 5.37. The Morgan fingerprint density at radius 3 is 2.73 bits per heavy atom. The number of hydrazone groups is 1. The lowest BCUT2D eigenvalue weighted by Crippen LogP contribution is -2.25. The van der Waals surface area contributed by atoms with E-state index in [0.717, 1.165) is 5.56 Å². The minimum absolute atomic E-state index is 0.0981. The van der Waals surface area contributed by atoms with Crippen molar-refractivity contribution in [3.8, 4) is 5.75 Å². The van der Waals surface area contributed by atoms with Gasteiger partial charge in [-0.05, 0) is 43.8 Å². The Kier molecular flexibility index (Phi) is 3.62. The predicted molar refractivity (Wildman–Crippen MR) is 65.0 cm³/mol. The molecule has 0 saturated carbocycles. The Balaban J connectivity index is 2.95. The van der Waals surface area contributed by atoms with Crippen LogP contribution in [-0.4, -0.2) is 15.9 Å². The van der Waals surface area contributed by atoms with Gasteiger partial charge >= 0.3 is 0 Å². The number of nitrogens with two attached hydrogens (primary N) is 1. The van der Waals surface area contributed by atoms with Crippen molar-refractivity contribution in [2.24, 2.45) is 10.8 Å². The van der Waals surface area contributed by atoms with Gasteiger partial charge in [-0.15, -0.1) is 0 Å². The Bertz CT molecular complexity index is 415. The molecule has 4 nitrogen and oxygen atoms in total. The van der Waals surface area contributed by atoms with Gasteiger partial charge < -0.3 is 10.8 Å². The van der Waals surface area contributed by atoms with Crippen LogP contribution in [0.3, 0.4) is 0 Å². The lowest BCUT2D eigenvalue weighted by atomic mass is 10.1. The maximum absolute atomic E-state index is 9.65. The summed E-state index contributed by atoms with van der Waals surface area (Å²) in [4.78, 5) is 0. The van der Waals surface area contributed by atoms with Crippen LogP contribution in [0.4, 0.5) is 0 Å². The van der Waals surface area contributed by atoms with Crippen molar-refractivity contribution in [3.05, 3.63) is 29.3 Å². The molecule has 0 unspecified atom stereocenters. The normalized spacial score (nSPS) is 11.2. The molecule has 0 radical (unpaired) electrons. The largest absolute Gasteiger partial charge is 0.507 e. The van der Waals surface area contributed by atoms with E-state index in [0.29, 0.717) is 11.3 Å². The van der Waals surface area contributed by atoms with Gasteiger partial charge in [0.15, 0.2) is 5.11 Å². The lowest BCUT2D eigenvalue weighted by Gasteiger charge is -2.05. The van der Waals surface area contributed by atoms with Crippen LogP contribution < -0.4 is 11.2 Å². The summed E-state index contributed by atoms with van der Waals surface area (Å²) in [6.45, 7) is 3.67. The molecule has 4 N–H and O–H groups in total. The number of nitrogens with zero attached hydrogens (tertiary/aromatic N) is 1. The van der Waals surface area contributed by atoms with Crippen molar-refractivity contribution < 1.29 is 5.11 Å². The van der Waals surface area contributed by atoms with Crippen LogP contribution in [0.2, 0.25) is 0 Å². The van der Waals surface area contributed by atoms with E-state index in [1.807, 2.05) is 13.0 Å². The first-order valence-electron chi connectivity index (χ1n) is 4.40. The van der Waals surface area contributed by atoms with Crippen LogP contribution in [0.5, 0.6) is 5.75 Å². The molecule has 0 aromatic heterocycles. The highest BCUT2D eigenvalue weighted by Crippen LogP contribution is 2.18. The molecule has 1 aromatic carbocycles. The van der Waals surface area contributed by atoms with E-state index >= 15 is 0 Å². The molecule has 0 fully saturated rings. The summed E-state index contributed by atoms with van der Waals surface area (Å²) in [6.07, 6.45) is 0. The second-order valence-electron chi connectivity index (χ2n) is 3.19. The van der Waals surface area contributed by atoms with Gasteiger partial charge in [-0.3, -0.25) is 5.43 Å². The summed E-state index contributed by atoms with van der Waals surface area (Å²) in [7, 11) is 0. The maximum atomic E-state index is 9.65. The first-order valence-corrected chi connectivity index (χ1v) is 4.81. The van der Waals surface area contributed by atoms with Crippen LogP contribution in [-0.2, 0) is 0 Å². The highest BCUT2D eigenvalue weighted by Gasteiger charge is 2.04. The van der Waals surface area contributed by atoms with E-state index in [4.69, 9.17) is 5.73 Å². The summed E-state index contributed by atoms with van der Waals surface area (Å²) in [5.74, 6) is 0.195. The maximum Gasteiger partial charge on any atom is 0.184 e. The minimum atomic E-state index is 0.0981. The molecule has 0 heterocycles. The van der Waals surface area contributed by atoms with E-state index in [2.05, 4.69) is 22.7 Å². The Hall–Kier alpha value is -1.62. The molecule has 0 aliphatic carbocycles. The van der Waals surface area contributed by atoms with E-state index in [1.165, 1.54) is 0 Å². The standard InChI is InChI=1S/C10H13N3OS/c1-6-3-4-8(9(14)5-6)7(2)12-13-10(11)15/h3-5,14H,1-2H3,(H3,11,13,15)/b12-7-. The van der Waals surface area contributed by atoms with E-state index in [-0.39, 0.29) is 10.9 Å². The quantitative estimate of drug-likeness (QED) is 0.401. The second kappa shape index (κ2) is 4.75. The van der Waals surface area contributed by atoms with Crippen molar-refractivity contribution >= 4 is 23.0 Å². The molecule has 0 saturated heterocycles. The summed E-state index contributed by atoms with van der Waals surface area (Å²) >= 11 is 4.61. The third-order valence-electron chi connectivity index (χ3n) is 1.88. The first kappa shape index (κ1) is 11.5. The molecule has 0 amide bonds. The highest BCUT2D eigenvalue weighted by molar-refractivity contribution is 7.80. The van der Waals surface area contributed by atoms with Gasteiger partial charge in [-0.25, -0.2) is 0 Å². The third kappa shape index (κ3) is 3.21. The predicted octanol–water partition coefficient (Wildman–Crippen LogP) is 1.26. The number of aryl methyl sites for hydroxylation is 1. The molecule has 0 aliphatic heterocycles. The topological polar surface area (TPSA) is 70.6 Å². The number of thiocarbonyl (C=S) groups is 1. The first-order chi connectivity index (χ1) is 7.00. The fourth-order valence-corrected chi connectivity index (χ4v) is 1.19. The van der Waals surface area contributed by atoms with Crippen LogP contribution in [0, 0.1) is 6.92 Å². The summed E-state index contributed by atoms with van der Waals surface area (Å²) in [5, 5.41) is 13.7. The van der Waals surface area contributed by atoms with Crippen LogP contribution in [0.25, 0.3) is 0 Å². The lowest BCUT2D eigenvalue weighted by molar-refractivity contribution is 0.473. The van der Waals surface area contributed by atoms with Gasteiger partial charge in [0.2, 0.25) is 0 Å². The molecule has 15 heavy (non-hydrogen) atoms. The Morgan fingerprint density at radius 2 is 2.20 bits per heavy atom. The number of benzene rings is 1. The van der Waals surface area contributed by atoms with Gasteiger partial charge in [0.05, 0.1) is 5.71 Å². The summed E-state index contributed by atoms with van der Waals surface area (Å²) < 4.78 is 0. The SMILES string of the molecule is C/C(=N/NC(N)=S)c1ccc(C)cc1O. The van der Waals surface area contributed by atoms with Crippen molar-refractivity contribution in [2.45, 2.75) is 13.8 Å². The van der Waals surface area contributed by atoms with Crippen LogP contribution >= 0.6 is 12.2 Å². The molecule has 1 aromatic rings. The molecule has 0 atom stereocenters. The molecule has 80 valence electrons. The van der Waals surface area contributed by atoms with E-state index in [1.54, 1.807) is 19.1 Å². The van der Waals surface area contributed by atoms with Gasteiger partial charge in [-0.1, -0.05) is 6.07 Å². The highest BCUT2D eigenvalue weighted by atomic mass is 32.1. The summed E-state index contributed by atoms with van der Waals surface area (Å²) in [5.41, 5.74) is 9.98. The zero-order chi connectivity index (χ0) is 11.4. The zero-order valence-electron chi connectivity index (χ0n) is 8.61. The van der Waals surface area contributed by atoms with Crippen LogP contribution in [0.1, 0.15) is 18.1 Å². The number of phenols is 1. The molecular formula is C10H13N3OS. The number of hydrogen-bond donors (Lipinski definition) is 3. The van der Waals surface area contributed by atoms with Crippen LogP contribution in [0.15, 0.2) is 23.3 Å². The van der Waals surface area contributed by atoms with E-state index < -0.39 is 0 Å². The van der Waals surface area contributed by atoms with Gasteiger partial charge in [0, 0.05) is 5.56 Å². The minimum Gasteiger partial charge on any atom is -0.507 e. The van der Waals surface area contributed by atoms with Crippen molar-refractivity contribution in [1.82, 2.24) is 5.43 Å². The number of nitrogens with one attached hydrogen (secondary N) is 1. The zero-order valence-corrected chi connectivity index (χ0v) is 9.43. The molecular weight excluding hydrogens is 210 g/mol. The third-order valence-corrected chi connectivity index (χ3v) is 1.97. The number of phenolic OH excluding ortho intramolecular Hbond substituents is 1. The monoisotopic (exact) mass is 223 g/mol. The van der Waals surface area contributed by atoms with Gasteiger partial charge in [0.1, 0.15) is 5.75 Å². The fourth-order valence-electron chi connectivity index (χ4n) is 1.15. The molecule has 1 rings (SSSR count). The molecule has 0 aliphatic rings. The fraction of sp³-hybridized carbons (Fsp3) is 0.200. The average molecular weight is 223 g/mol. The number of aromatic hydroxyl groups is 1. The smallest absolute Gasteiger partial charge is 0.184 e. The molecule has 0 bridgehead atoms. The number of rotatable bonds is 2. The average Bonchev–Trinajstić information content (AvgIpc) is 2.14. The Morgan fingerprint density at radius 1 is 1.53 bits per heavy atom. The number of hydrogen-bond acceptors (Lipinski definition) is 3. The van der Waals surface area contributed by atoms with Crippen molar-refractivity contribution in [3.63, 3.8) is 0 Å². The molecule has 5 heteroatoms. The van der Waals surface area contributed by atoms with Crippen molar-refractivity contribution in [2.75, 3.05) is 0 Å². The molecule has 0 spiro atoms. The van der Waals surface area contributed by atoms with Gasteiger partial charge in [-0.2, -0.15) is 5.10 Å². The van der Waals surface area contributed by atoms with Crippen molar-refractivity contribution in [1.29, 1.82) is 0 Å². The Labute approximate surface area is 93.8 Å².